The third-order valence-electron chi connectivity index (χ3n) is 2.79. The first-order valence-corrected chi connectivity index (χ1v) is 5.12. The van der Waals surface area contributed by atoms with Gasteiger partial charge in [-0.1, -0.05) is 0 Å². The molecule has 14 heavy (non-hydrogen) atoms. The van der Waals surface area contributed by atoms with E-state index in [9.17, 15) is 0 Å². The first-order chi connectivity index (χ1) is 6.65. The van der Waals surface area contributed by atoms with Gasteiger partial charge >= 0.3 is 0 Å². The standard InChI is InChI=1S/C10H18N4/c1-8-5-10(13(2)12-8)7-14-4-3-9(11)6-14/h5,9H,3-4,6-7,11H2,1-2H3. The Morgan fingerprint density at radius 2 is 2.43 bits per heavy atom. The summed E-state index contributed by atoms with van der Waals surface area (Å²) in [6.45, 7) is 5.14. The van der Waals surface area contributed by atoms with Crippen LogP contribution in [0.15, 0.2) is 6.07 Å². The summed E-state index contributed by atoms with van der Waals surface area (Å²) in [4.78, 5) is 2.39. The molecule has 4 nitrogen and oxygen atoms in total. The lowest BCUT2D eigenvalue weighted by Crippen LogP contribution is -2.26. The molecule has 0 radical (unpaired) electrons. The highest BCUT2D eigenvalue weighted by molar-refractivity contribution is 5.08. The van der Waals surface area contributed by atoms with Gasteiger partial charge in [-0.25, -0.2) is 0 Å². The van der Waals surface area contributed by atoms with Crippen LogP contribution in [0.1, 0.15) is 17.8 Å². The van der Waals surface area contributed by atoms with E-state index in [1.54, 1.807) is 0 Å². The topological polar surface area (TPSA) is 47.1 Å². The quantitative estimate of drug-likeness (QED) is 0.734. The van der Waals surface area contributed by atoms with Gasteiger partial charge < -0.3 is 5.73 Å². The highest BCUT2D eigenvalue weighted by atomic mass is 15.3. The lowest BCUT2D eigenvalue weighted by atomic mass is 10.3. The average Bonchev–Trinajstić information content (AvgIpc) is 2.61. The summed E-state index contributed by atoms with van der Waals surface area (Å²) in [7, 11) is 2.00. The highest BCUT2D eigenvalue weighted by Gasteiger charge is 2.19. The van der Waals surface area contributed by atoms with Crippen molar-refractivity contribution in [2.45, 2.75) is 25.9 Å². The molecular weight excluding hydrogens is 176 g/mol. The first-order valence-electron chi connectivity index (χ1n) is 5.12. The van der Waals surface area contributed by atoms with Crippen molar-refractivity contribution < 1.29 is 0 Å². The van der Waals surface area contributed by atoms with Gasteiger partial charge in [0.2, 0.25) is 0 Å². The number of aromatic nitrogens is 2. The number of aryl methyl sites for hydroxylation is 2. The van der Waals surface area contributed by atoms with Gasteiger partial charge in [0.05, 0.1) is 11.4 Å². The summed E-state index contributed by atoms with van der Waals surface area (Å²) in [5.74, 6) is 0. The average molecular weight is 194 g/mol. The maximum atomic E-state index is 5.86. The van der Waals surface area contributed by atoms with Crippen LogP contribution in [0.3, 0.4) is 0 Å². The molecule has 4 heteroatoms. The van der Waals surface area contributed by atoms with E-state index in [0.29, 0.717) is 6.04 Å². The van der Waals surface area contributed by atoms with Crippen molar-refractivity contribution in [3.63, 3.8) is 0 Å². The van der Waals surface area contributed by atoms with Crippen LogP contribution >= 0.6 is 0 Å². The first kappa shape index (κ1) is 9.68. The third kappa shape index (κ3) is 1.96. The molecule has 2 N–H and O–H groups in total. The lowest BCUT2D eigenvalue weighted by Gasteiger charge is -2.14. The van der Waals surface area contributed by atoms with Gasteiger partial charge in [0.1, 0.15) is 0 Å². The second kappa shape index (κ2) is 3.71. The number of likely N-dealkylation sites (tertiary alicyclic amines) is 1. The monoisotopic (exact) mass is 194 g/mol. The van der Waals surface area contributed by atoms with Gasteiger partial charge in [-0.3, -0.25) is 9.58 Å². The molecular formula is C10H18N4. The van der Waals surface area contributed by atoms with Gasteiger partial charge in [0, 0.05) is 32.7 Å². The molecule has 0 aliphatic carbocycles. The van der Waals surface area contributed by atoms with E-state index in [-0.39, 0.29) is 0 Å². The molecule has 0 bridgehead atoms. The normalized spacial score (nSPS) is 23.2. The van der Waals surface area contributed by atoms with Gasteiger partial charge in [-0.2, -0.15) is 5.10 Å². The Labute approximate surface area is 84.7 Å². The fraction of sp³-hybridized carbons (Fsp3) is 0.700. The molecule has 1 aliphatic rings. The number of nitrogens with zero attached hydrogens (tertiary/aromatic N) is 3. The smallest absolute Gasteiger partial charge is 0.0597 e. The van der Waals surface area contributed by atoms with Crippen LogP contribution in [0, 0.1) is 6.92 Å². The summed E-state index contributed by atoms with van der Waals surface area (Å²) in [5.41, 5.74) is 8.22. The van der Waals surface area contributed by atoms with Crippen molar-refractivity contribution in [2.24, 2.45) is 12.8 Å². The summed E-state index contributed by atoms with van der Waals surface area (Å²) in [6.07, 6.45) is 1.12. The van der Waals surface area contributed by atoms with Crippen LogP contribution in [0.25, 0.3) is 0 Å². The molecule has 2 rings (SSSR count). The Morgan fingerprint density at radius 1 is 1.64 bits per heavy atom. The van der Waals surface area contributed by atoms with Gasteiger partial charge in [-0.15, -0.1) is 0 Å². The second-order valence-electron chi connectivity index (χ2n) is 4.18. The van der Waals surface area contributed by atoms with Crippen LogP contribution in [-0.2, 0) is 13.6 Å². The van der Waals surface area contributed by atoms with Gasteiger partial charge in [-0.05, 0) is 19.4 Å². The Kier molecular flexibility index (Phi) is 2.56. The summed E-state index contributed by atoms with van der Waals surface area (Å²) >= 11 is 0. The second-order valence-corrected chi connectivity index (χ2v) is 4.18. The Balaban J connectivity index is 2.00. The molecule has 0 aromatic carbocycles. The molecule has 1 aromatic rings. The molecule has 0 spiro atoms. The van der Waals surface area contributed by atoms with E-state index >= 15 is 0 Å². The van der Waals surface area contributed by atoms with Crippen LogP contribution in [0.2, 0.25) is 0 Å². The minimum absolute atomic E-state index is 0.365. The van der Waals surface area contributed by atoms with Crippen molar-refractivity contribution >= 4 is 0 Å². The van der Waals surface area contributed by atoms with Crippen molar-refractivity contribution in [1.29, 1.82) is 0 Å². The number of nitrogens with two attached hydrogens (primary N) is 1. The number of hydrogen-bond acceptors (Lipinski definition) is 3. The molecule has 0 saturated carbocycles. The van der Waals surface area contributed by atoms with E-state index in [1.807, 2.05) is 18.7 Å². The van der Waals surface area contributed by atoms with E-state index in [0.717, 1.165) is 31.7 Å². The molecule has 2 heterocycles. The molecule has 1 saturated heterocycles. The van der Waals surface area contributed by atoms with Crippen molar-refractivity contribution in [3.05, 3.63) is 17.5 Å². The molecule has 1 unspecified atom stereocenters. The highest BCUT2D eigenvalue weighted by Crippen LogP contribution is 2.12. The van der Waals surface area contributed by atoms with Crippen LogP contribution in [-0.4, -0.2) is 33.8 Å². The van der Waals surface area contributed by atoms with Crippen molar-refractivity contribution in [2.75, 3.05) is 13.1 Å². The number of rotatable bonds is 2. The van der Waals surface area contributed by atoms with E-state index in [2.05, 4.69) is 16.1 Å². The molecule has 1 aromatic heterocycles. The summed E-state index contributed by atoms with van der Waals surface area (Å²) in [6, 6.07) is 2.51. The predicted octanol–water partition coefficient (Wildman–Crippen LogP) is 0.262. The van der Waals surface area contributed by atoms with E-state index in [4.69, 9.17) is 5.73 Å². The van der Waals surface area contributed by atoms with E-state index < -0.39 is 0 Å². The van der Waals surface area contributed by atoms with Gasteiger partial charge in [0.15, 0.2) is 0 Å². The van der Waals surface area contributed by atoms with Crippen molar-refractivity contribution in [1.82, 2.24) is 14.7 Å². The van der Waals surface area contributed by atoms with Gasteiger partial charge in [0.25, 0.3) is 0 Å². The maximum absolute atomic E-state index is 5.86. The lowest BCUT2D eigenvalue weighted by molar-refractivity contribution is 0.317. The zero-order valence-corrected chi connectivity index (χ0v) is 8.90. The van der Waals surface area contributed by atoms with Crippen LogP contribution < -0.4 is 5.73 Å². The molecule has 1 atom stereocenters. The fourth-order valence-corrected chi connectivity index (χ4v) is 2.05. The minimum atomic E-state index is 0.365. The van der Waals surface area contributed by atoms with Crippen molar-refractivity contribution in [3.8, 4) is 0 Å². The fourth-order valence-electron chi connectivity index (χ4n) is 2.05. The summed E-state index contributed by atoms with van der Waals surface area (Å²) < 4.78 is 1.96. The molecule has 1 aliphatic heterocycles. The SMILES string of the molecule is Cc1cc(CN2CCC(N)C2)n(C)n1. The molecule has 0 amide bonds. The van der Waals surface area contributed by atoms with Crippen LogP contribution in [0.5, 0.6) is 0 Å². The molecule has 1 fully saturated rings. The Morgan fingerprint density at radius 3 is 2.93 bits per heavy atom. The third-order valence-corrected chi connectivity index (χ3v) is 2.79. The minimum Gasteiger partial charge on any atom is -0.326 e. The zero-order valence-electron chi connectivity index (χ0n) is 8.90. The van der Waals surface area contributed by atoms with E-state index in [1.165, 1.54) is 5.69 Å². The predicted molar refractivity (Wildman–Crippen MR) is 55.8 cm³/mol. The Hall–Kier alpha value is -0.870. The van der Waals surface area contributed by atoms with Crippen LogP contribution in [0.4, 0.5) is 0 Å². The largest absolute Gasteiger partial charge is 0.326 e. The Bertz CT molecular complexity index is 318. The molecule has 78 valence electrons. The maximum Gasteiger partial charge on any atom is 0.0597 e. The zero-order chi connectivity index (χ0) is 10.1. The number of hydrogen-bond donors (Lipinski definition) is 1. The summed E-state index contributed by atoms with van der Waals surface area (Å²) in [5, 5.41) is 4.33.